The van der Waals surface area contributed by atoms with Crippen LogP contribution in [0.1, 0.15) is 32.6 Å². The molecule has 1 fully saturated rings. The van der Waals surface area contributed by atoms with Crippen molar-refractivity contribution in [1.82, 2.24) is 0 Å². The van der Waals surface area contributed by atoms with Crippen LogP contribution in [0, 0.1) is 0 Å². The highest BCUT2D eigenvalue weighted by Crippen LogP contribution is 2.24. The molecule has 4 nitrogen and oxygen atoms in total. The van der Waals surface area contributed by atoms with Crippen LogP contribution < -0.4 is 10.5 Å². The summed E-state index contributed by atoms with van der Waals surface area (Å²) in [5.41, 5.74) is 5.94. The van der Waals surface area contributed by atoms with E-state index in [0.717, 1.165) is 19.3 Å². The molecule has 2 rings (SSSR count). The SMILES string of the molecule is CCCS(=O)(=O)c1ccc(OC2CCCC2N)cc1. The van der Waals surface area contributed by atoms with Gasteiger partial charge in [-0.1, -0.05) is 6.92 Å². The molecule has 0 spiro atoms. The molecule has 2 N–H and O–H groups in total. The topological polar surface area (TPSA) is 69.4 Å². The highest BCUT2D eigenvalue weighted by molar-refractivity contribution is 7.91. The highest BCUT2D eigenvalue weighted by Gasteiger charge is 2.25. The molecular weight excluding hydrogens is 262 g/mol. The van der Waals surface area contributed by atoms with Crippen molar-refractivity contribution in [3.8, 4) is 5.75 Å². The molecule has 1 aliphatic rings. The minimum absolute atomic E-state index is 0.0538. The maximum atomic E-state index is 11.9. The normalized spacial score (nSPS) is 23.5. The van der Waals surface area contributed by atoms with Gasteiger partial charge >= 0.3 is 0 Å². The summed E-state index contributed by atoms with van der Waals surface area (Å²) in [7, 11) is -3.15. The summed E-state index contributed by atoms with van der Waals surface area (Å²) in [4.78, 5) is 0.359. The van der Waals surface area contributed by atoms with Crippen molar-refractivity contribution >= 4 is 9.84 Å². The summed E-state index contributed by atoms with van der Waals surface area (Å²) in [5.74, 6) is 0.874. The lowest BCUT2D eigenvalue weighted by molar-refractivity contribution is 0.191. The summed E-state index contributed by atoms with van der Waals surface area (Å²) >= 11 is 0. The van der Waals surface area contributed by atoms with Gasteiger partial charge < -0.3 is 10.5 Å². The average Bonchev–Trinajstić information content (AvgIpc) is 2.76. The van der Waals surface area contributed by atoms with E-state index in [1.54, 1.807) is 24.3 Å². The van der Waals surface area contributed by atoms with Gasteiger partial charge in [-0.3, -0.25) is 0 Å². The molecule has 2 unspecified atom stereocenters. The van der Waals surface area contributed by atoms with E-state index in [4.69, 9.17) is 10.5 Å². The number of ether oxygens (including phenoxy) is 1. The fourth-order valence-corrected chi connectivity index (χ4v) is 3.71. The lowest BCUT2D eigenvalue weighted by Gasteiger charge is -2.18. The number of hydrogen-bond acceptors (Lipinski definition) is 4. The van der Waals surface area contributed by atoms with Crippen molar-refractivity contribution in [2.45, 2.75) is 49.6 Å². The molecule has 106 valence electrons. The minimum atomic E-state index is -3.15. The minimum Gasteiger partial charge on any atom is -0.489 e. The lowest BCUT2D eigenvalue weighted by atomic mass is 10.2. The van der Waals surface area contributed by atoms with Gasteiger partial charge in [-0.05, 0) is 49.9 Å². The molecule has 0 aromatic heterocycles. The van der Waals surface area contributed by atoms with Gasteiger partial charge in [-0.15, -0.1) is 0 Å². The quantitative estimate of drug-likeness (QED) is 0.898. The number of nitrogens with two attached hydrogens (primary N) is 1. The Morgan fingerprint density at radius 1 is 1.26 bits per heavy atom. The molecule has 1 saturated carbocycles. The fraction of sp³-hybridized carbons (Fsp3) is 0.571. The maximum Gasteiger partial charge on any atom is 0.178 e. The molecule has 1 aromatic rings. The number of sulfone groups is 1. The molecule has 0 aliphatic heterocycles. The first-order valence-corrected chi connectivity index (χ1v) is 8.43. The van der Waals surface area contributed by atoms with E-state index in [1.165, 1.54) is 0 Å². The third-order valence-corrected chi connectivity index (χ3v) is 5.38. The van der Waals surface area contributed by atoms with Gasteiger partial charge in [0.1, 0.15) is 11.9 Å². The zero-order valence-corrected chi connectivity index (χ0v) is 12.0. The number of rotatable bonds is 5. The molecule has 5 heteroatoms. The molecule has 0 heterocycles. The van der Waals surface area contributed by atoms with Gasteiger partial charge in [-0.2, -0.15) is 0 Å². The highest BCUT2D eigenvalue weighted by atomic mass is 32.2. The Hall–Kier alpha value is -1.07. The monoisotopic (exact) mass is 283 g/mol. The molecule has 2 atom stereocenters. The molecule has 1 aliphatic carbocycles. The van der Waals surface area contributed by atoms with Gasteiger partial charge in [-0.25, -0.2) is 8.42 Å². The average molecular weight is 283 g/mol. The van der Waals surface area contributed by atoms with Crippen molar-refractivity contribution in [2.24, 2.45) is 5.73 Å². The van der Waals surface area contributed by atoms with E-state index in [-0.39, 0.29) is 17.9 Å². The van der Waals surface area contributed by atoms with E-state index in [1.807, 2.05) is 6.92 Å². The Kier molecular flexibility index (Phi) is 4.47. The van der Waals surface area contributed by atoms with Crippen molar-refractivity contribution in [1.29, 1.82) is 0 Å². The van der Waals surface area contributed by atoms with Crippen LogP contribution in [0.15, 0.2) is 29.2 Å². The third kappa shape index (κ3) is 3.48. The molecule has 1 aromatic carbocycles. The predicted molar refractivity (Wildman–Crippen MR) is 75.0 cm³/mol. The van der Waals surface area contributed by atoms with Crippen molar-refractivity contribution in [3.05, 3.63) is 24.3 Å². The predicted octanol–water partition coefficient (Wildman–Crippen LogP) is 2.13. The standard InChI is InChI=1S/C14H21NO3S/c1-2-10-19(16,17)12-8-6-11(7-9-12)18-14-5-3-4-13(14)15/h6-9,13-14H,2-5,10,15H2,1H3. The molecular formula is C14H21NO3S. The van der Waals surface area contributed by atoms with E-state index in [9.17, 15) is 8.42 Å². The Bertz CT molecular complexity index is 510. The van der Waals surface area contributed by atoms with E-state index in [2.05, 4.69) is 0 Å². The van der Waals surface area contributed by atoms with Crippen LogP contribution in [0.5, 0.6) is 5.75 Å². The zero-order chi connectivity index (χ0) is 13.9. The van der Waals surface area contributed by atoms with Crippen LogP contribution in [0.4, 0.5) is 0 Å². The smallest absolute Gasteiger partial charge is 0.178 e. The Balaban J connectivity index is 2.06. The van der Waals surface area contributed by atoms with Gasteiger partial charge in [0.2, 0.25) is 0 Å². The zero-order valence-electron chi connectivity index (χ0n) is 11.2. The third-order valence-electron chi connectivity index (χ3n) is 3.45. The largest absolute Gasteiger partial charge is 0.489 e. The second-order valence-corrected chi connectivity index (χ2v) is 7.15. The second-order valence-electron chi connectivity index (χ2n) is 5.04. The molecule has 0 saturated heterocycles. The lowest BCUT2D eigenvalue weighted by Crippen LogP contribution is -2.33. The molecule has 0 amide bonds. The summed E-state index contributed by atoms with van der Waals surface area (Å²) in [6.07, 6.45) is 3.73. The van der Waals surface area contributed by atoms with Crippen LogP contribution >= 0.6 is 0 Å². The van der Waals surface area contributed by atoms with Crippen LogP contribution in [-0.4, -0.2) is 26.3 Å². The van der Waals surface area contributed by atoms with Gasteiger partial charge in [0.15, 0.2) is 9.84 Å². The Morgan fingerprint density at radius 2 is 1.95 bits per heavy atom. The number of benzene rings is 1. The van der Waals surface area contributed by atoms with Gasteiger partial charge in [0.25, 0.3) is 0 Å². The van der Waals surface area contributed by atoms with Crippen molar-refractivity contribution in [3.63, 3.8) is 0 Å². The number of hydrogen-bond donors (Lipinski definition) is 1. The molecule has 0 radical (unpaired) electrons. The summed E-state index contributed by atoms with van der Waals surface area (Å²) in [6, 6.07) is 6.74. The van der Waals surface area contributed by atoms with Gasteiger partial charge in [0.05, 0.1) is 10.6 Å². The summed E-state index contributed by atoms with van der Waals surface area (Å²) in [5, 5.41) is 0. The fourth-order valence-electron chi connectivity index (χ4n) is 2.39. The van der Waals surface area contributed by atoms with E-state index in [0.29, 0.717) is 17.1 Å². The van der Waals surface area contributed by atoms with Gasteiger partial charge in [0, 0.05) is 6.04 Å². The first-order valence-electron chi connectivity index (χ1n) is 6.78. The molecule has 19 heavy (non-hydrogen) atoms. The van der Waals surface area contributed by atoms with E-state index < -0.39 is 9.84 Å². The Morgan fingerprint density at radius 3 is 2.47 bits per heavy atom. The summed E-state index contributed by atoms with van der Waals surface area (Å²) in [6.45, 7) is 1.86. The Labute approximate surface area is 114 Å². The van der Waals surface area contributed by atoms with Crippen molar-refractivity contribution in [2.75, 3.05) is 5.75 Å². The van der Waals surface area contributed by atoms with Crippen molar-refractivity contribution < 1.29 is 13.2 Å². The van der Waals surface area contributed by atoms with Crippen LogP contribution in [-0.2, 0) is 9.84 Å². The van der Waals surface area contributed by atoms with E-state index >= 15 is 0 Å². The maximum absolute atomic E-state index is 11.9. The summed E-state index contributed by atoms with van der Waals surface area (Å²) < 4.78 is 29.6. The van der Waals surface area contributed by atoms with Crippen LogP contribution in [0.25, 0.3) is 0 Å². The second kappa shape index (κ2) is 5.92. The van der Waals surface area contributed by atoms with Crippen LogP contribution in [0.3, 0.4) is 0 Å². The first-order chi connectivity index (χ1) is 9.03. The van der Waals surface area contributed by atoms with Crippen LogP contribution in [0.2, 0.25) is 0 Å². The molecule has 0 bridgehead atoms. The first kappa shape index (κ1) is 14.3.